The van der Waals surface area contributed by atoms with Crippen LogP contribution in [0.25, 0.3) is 0 Å². The standard InChI is InChI=1S/C19H28N2O.ClH/c1-20-13-15-11-12-21(14-15)19(22)18-9-7-17(8-10-18)16-5-3-2-4-6-16;/h2-6,15,17-18,20H,7-14H2,1H3;1H. The third-order valence-electron chi connectivity index (χ3n) is 5.44. The summed E-state index contributed by atoms with van der Waals surface area (Å²) in [7, 11) is 2.00. The van der Waals surface area contributed by atoms with Gasteiger partial charge in [0.05, 0.1) is 0 Å². The van der Waals surface area contributed by atoms with E-state index >= 15 is 0 Å². The van der Waals surface area contributed by atoms with Gasteiger partial charge in [-0.1, -0.05) is 30.3 Å². The van der Waals surface area contributed by atoms with E-state index < -0.39 is 0 Å². The lowest BCUT2D eigenvalue weighted by molar-refractivity contribution is -0.135. The Balaban J connectivity index is 0.00000192. The SMILES string of the molecule is CNCC1CCN(C(=O)C2CCC(c3ccccc3)CC2)C1.Cl. The number of nitrogens with one attached hydrogen (secondary N) is 1. The van der Waals surface area contributed by atoms with Crippen molar-refractivity contribution < 1.29 is 4.79 Å². The molecule has 128 valence electrons. The Kier molecular flexibility index (Phi) is 6.91. The highest BCUT2D eigenvalue weighted by Gasteiger charge is 2.33. The molecule has 3 nitrogen and oxygen atoms in total. The number of carbonyl (C=O) groups is 1. The van der Waals surface area contributed by atoms with Gasteiger partial charge in [0.25, 0.3) is 0 Å². The second-order valence-electron chi connectivity index (χ2n) is 6.96. The van der Waals surface area contributed by atoms with E-state index in [0.717, 1.165) is 51.7 Å². The van der Waals surface area contributed by atoms with Gasteiger partial charge in [-0.2, -0.15) is 0 Å². The summed E-state index contributed by atoms with van der Waals surface area (Å²) in [6.07, 6.45) is 5.60. The van der Waals surface area contributed by atoms with E-state index in [1.165, 1.54) is 5.56 Å². The van der Waals surface area contributed by atoms with Gasteiger partial charge in [-0.3, -0.25) is 4.79 Å². The van der Waals surface area contributed by atoms with Crippen LogP contribution in [-0.2, 0) is 4.79 Å². The molecule has 0 bridgehead atoms. The molecule has 1 aromatic rings. The minimum absolute atomic E-state index is 0. The molecule has 1 saturated heterocycles. The van der Waals surface area contributed by atoms with Gasteiger partial charge < -0.3 is 10.2 Å². The first kappa shape index (κ1) is 18.3. The summed E-state index contributed by atoms with van der Waals surface area (Å²) in [5.74, 6) is 1.99. The summed E-state index contributed by atoms with van der Waals surface area (Å²) in [4.78, 5) is 14.8. The van der Waals surface area contributed by atoms with Crippen molar-refractivity contribution in [3.05, 3.63) is 35.9 Å². The second kappa shape index (κ2) is 8.70. The Morgan fingerprint density at radius 2 is 1.83 bits per heavy atom. The van der Waals surface area contributed by atoms with E-state index in [-0.39, 0.29) is 18.3 Å². The van der Waals surface area contributed by atoms with Crippen molar-refractivity contribution in [3.8, 4) is 0 Å². The maximum absolute atomic E-state index is 12.7. The lowest BCUT2D eigenvalue weighted by Gasteiger charge is -2.30. The van der Waals surface area contributed by atoms with E-state index in [1.54, 1.807) is 0 Å². The van der Waals surface area contributed by atoms with Gasteiger partial charge in [0.2, 0.25) is 5.91 Å². The van der Waals surface area contributed by atoms with E-state index in [4.69, 9.17) is 0 Å². The number of halogens is 1. The van der Waals surface area contributed by atoms with Gasteiger partial charge in [-0.05, 0) is 63.1 Å². The summed E-state index contributed by atoms with van der Waals surface area (Å²) >= 11 is 0. The highest BCUT2D eigenvalue weighted by molar-refractivity contribution is 5.85. The highest BCUT2D eigenvalue weighted by atomic mass is 35.5. The molecule has 23 heavy (non-hydrogen) atoms. The van der Waals surface area contributed by atoms with E-state index in [2.05, 4.69) is 40.5 Å². The van der Waals surface area contributed by atoms with Gasteiger partial charge in [-0.25, -0.2) is 0 Å². The quantitative estimate of drug-likeness (QED) is 0.913. The number of rotatable bonds is 4. The molecular weight excluding hydrogens is 308 g/mol. The summed E-state index contributed by atoms with van der Waals surface area (Å²) in [5, 5.41) is 3.23. The molecule has 1 N–H and O–H groups in total. The Morgan fingerprint density at radius 3 is 2.48 bits per heavy atom. The second-order valence-corrected chi connectivity index (χ2v) is 6.96. The topological polar surface area (TPSA) is 32.3 Å². The number of benzene rings is 1. The van der Waals surface area contributed by atoms with Gasteiger partial charge >= 0.3 is 0 Å². The van der Waals surface area contributed by atoms with Crippen molar-refractivity contribution in [2.75, 3.05) is 26.7 Å². The van der Waals surface area contributed by atoms with Crippen molar-refractivity contribution in [3.63, 3.8) is 0 Å². The fourth-order valence-corrected chi connectivity index (χ4v) is 4.15. The van der Waals surface area contributed by atoms with Crippen molar-refractivity contribution in [1.82, 2.24) is 10.2 Å². The van der Waals surface area contributed by atoms with Crippen molar-refractivity contribution >= 4 is 18.3 Å². The molecule has 1 aliphatic carbocycles. The Morgan fingerprint density at radius 1 is 1.13 bits per heavy atom. The summed E-state index contributed by atoms with van der Waals surface area (Å²) in [5.41, 5.74) is 1.45. The predicted molar refractivity (Wildman–Crippen MR) is 97.0 cm³/mol. The average Bonchev–Trinajstić information content (AvgIpc) is 3.04. The lowest BCUT2D eigenvalue weighted by atomic mass is 9.78. The van der Waals surface area contributed by atoms with Crippen LogP contribution in [0, 0.1) is 11.8 Å². The molecule has 0 aromatic heterocycles. The molecule has 3 rings (SSSR count). The molecule has 0 radical (unpaired) electrons. The normalized spacial score (nSPS) is 27.5. The summed E-state index contributed by atoms with van der Waals surface area (Å²) in [6, 6.07) is 10.8. The molecule has 2 fully saturated rings. The fraction of sp³-hybridized carbons (Fsp3) is 0.632. The van der Waals surface area contributed by atoms with E-state index in [1.807, 2.05) is 7.05 Å². The largest absolute Gasteiger partial charge is 0.342 e. The van der Waals surface area contributed by atoms with Crippen LogP contribution in [0.2, 0.25) is 0 Å². The molecule has 1 aromatic carbocycles. The van der Waals surface area contributed by atoms with Gasteiger partial charge in [0.15, 0.2) is 0 Å². The molecule has 4 heteroatoms. The molecule has 1 amide bonds. The highest BCUT2D eigenvalue weighted by Crippen LogP contribution is 2.36. The maximum atomic E-state index is 12.7. The van der Waals surface area contributed by atoms with Crippen LogP contribution in [0.5, 0.6) is 0 Å². The van der Waals surface area contributed by atoms with Crippen molar-refractivity contribution in [1.29, 1.82) is 0 Å². The lowest BCUT2D eigenvalue weighted by Crippen LogP contribution is -2.36. The minimum Gasteiger partial charge on any atom is -0.342 e. The molecular formula is C19H29ClN2O. The van der Waals surface area contributed by atoms with E-state index in [9.17, 15) is 4.79 Å². The number of hydrogen-bond donors (Lipinski definition) is 1. The van der Waals surface area contributed by atoms with Crippen LogP contribution < -0.4 is 5.32 Å². The molecule has 1 unspecified atom stereocenters. The molecule has 1 atom stereocenters. The number of nitrogens with zero attached hydrogens (tertiary/aromatic N) is 1. The summed E-state index contributed by atoms with van der Waals surface area (Å²) < 4.78 is 0. The van der Waals surface area contributed by atoms with Crippen molar-refractivity contribution in [2.24, 2.45) is 11.8 Å². The molecule has 1 saturated carbocycles. The average molecular weight is 337 g/mol. The van der Waals surface area contributed by atoms with Crippen LogP contribution >= 0.6 is 12.4 Å². The monoisotopic (exact) mass is 336 g/mol. The van der Waals surface area contributed by atoms with Gasteiger partial charge in [0, 0.05) is 19.0 Å². The van der Waals surface area contributed by atoms with Crippen LogP contribution in [0.1, 0.15) is 43.6 Å². The third-order valence-corrected chi connectivity index (χ3v) is 5.44. The zero-order valence-electron chi connectivity index (χ0n) is 14.0. The molecule has 1 heterocycles. The number of likely N-dealkylation sites (tertiary alicyclic amines) is 1. The van der Waals surface area contributed by atoms with Crippen molar-refractivity contribution in [2.45, 2.75) is 38.0 Å². The van der Waals surface area contributed by atoms with Crippen LogP contribution in [0.15, 0.2) is 30.3 Å². The Hall–Kier alpha value is -1.06. The van der Waals surface area contributed by atoms with Crippen LogP contribution in [-0.4, -0.2) is 37.5 Å². The zero-order chi connectivity index (χ0) is 15.4. The van der Waals surface area contributed by atoms with Crippen LogP contribution in [0.3, 0.4) is 0 Å². The first-order valence-corrected chi connectivity index (χ1v) is 8.76. The van der Waals surface area contributed by atoms with E-state index in [0.29, 0.717) is 17.7 Å². The number of carbonyl (C=O) groups excluding carboxylic acids is 1. The first-order valence-electron chi connectivity index (χ1n) is 8.76. The van der Waals surface area contributed by atoms with Gasteiger partial charge in [0.1, 0.15) is 0 Å². The Labute approximate surface area is 146 Å². The van der Waals surface area contributed by atoms with Gasteiger partial charge in [-0.15, -0.1) is 12.4 Å². The molecule has 1 aliphatic heterocycles. The smallest absolute Gasteiger partial charge is 0.225 e. The Bertz CT molecular complexity index is 485. The number of amides is 1. The molecule has 0 spiro atoms. The zero-order valence-corrected chi connectivity index (χ0v) is 14.9. The number of hydrogen-bond acceptors (Lipinski definition) is 2. The summed E-state index contributed by atoms with van der Waals surface area (Å²) in [6.45, 7) is 2.95. The third kappa shape index (κ3) is 4.48. The first-order chi connectivity index (χ1) is 10.8. The predicted octanol–water partition coefficient (Wildman–Crippen LogP) is 3.45. The fourth-order valence-electron chi connectivity index (χ4n) is 4.15. The van der Waals surface area contributed by atoms with Crippen LogP contribution in [0.4, 0.5) is 0 Å². The molecule has 2 aliphatic rings. The maximum Gasteiger partial charge on any atom is 0.225 e. The minimum atomic E-state index is 0.